The Hall–Kier alpha value is -1.97. The van der Waals surface area contributed by atoms with Crippen molar-refractivity contribution in [3.8, 4) is 0 Å². The van der Waals surface area contributed by atoms with E-state index in [0.29, 0.717) is 28.3 Å². The second kappa shape index (κ2) is 11.6. The fourth-order valence-corrected chi connectivity index (χ4v) is 8.97. The average molecular weight is 523 g/mol. The van der Waals surface area contributed by atoms with Crippen LogP contribution < -0.4 is 11.5 Å². The van der Waals surface area contributed by atoms with E-state index in [2.05, 4.69) is 47.3 Å². The molecule has 0 heterocycles. The van der Waals surface area contributed by atoms with Crippen molar-refractivity contribution in [2.45, 2.75) is 111 Å². The van der Waals surface area contributed by atoms with E-state index >= 15 is 0 Å². The van der Waals surface area contributed by atoms with Gasteiger partial charge in [0.2, 0.25) is 0 Å². The van der Waals surface area contributed by atoms with Crippen LogP contribution in [-0.2, 0) is 4.74 Å². The van der Waals surface area contributed by atoms with E-state index in [9.17, 15) is 4.79 Å². The van der Waals surface area contributed by atoms with E-state index in [1.807, 2.05) is 0 Å². The van der Waals surface area contributed by atoms with Crippen LogP contribution in [0, 0.1) is 46.3 Å². The molecule has 38 heavy (non-hydrogen) atoms. The Morgan fingerprint density at radius 3 is 2.29 bits per heavy atom. The molecular weight excluding hydrogens is 468 g/mol. The molecule has 1 aromatic rings. The molecule has 0 radical (unpaired) electrons. The summed E-state index contributed by atoms with van der Waals surface area (Å²) < 4.78 is 5.97. The Kier molecular flexibility index (Phi) is 8.89. The van der Waals surface area contributed by atoms with E-state index in [-0.39, 0.29) is 17.5 Å². The minimum absolute atomic E-state index is 0.0855. The summed E-state index contributed by atoms with van der Waals surface area (Å²) in [5, 5.41) is 0. The van der Waals surface area contributed by atoms with Gasteiger partial charge in [-0.3, -0.25) is 0 Å². The molecule has 1 aromatic carbocycles. The molecule has 0 bridgehead atoms. The molecule has 0 aliphatic heterocycles. The van der Waals surface area contributed by atoms with Gasteiger partial charge in [-0.1, -0.05) is 60.0 Å². The highest BCUT2D eigenvalue weighted by atomic mass is 16.5. The Bertz CT molecular complexity index is 968. The Morgan fingerprint density at radius 1 is 0.974 bits per heavy atom. The van der Waals surface area contributed by atoms with E-state index in [1.54, 1.807) is 18.2 Å². The predicted octanol–water partition coefficient (Wildman–Crippen LogP) is 8.66. The molecule has 3 saturated carbocycles. The van der Waals surface area contributed by atoms with Crippen LogP contribution in [0.2, 0.25) is 0 Å². The van der Waals surface area contributed by atoms with Gasteiger partial charge in [-0.2, -0.15) is 0 Å². The normalized spacial score (nSPS) is 36.0. The van der Waals surface area contributed by atoms with Gasteiger partial charge in [-0.15, -0.1) is 6.58 Å². The number of hydrogen-bond acceptors (Lipinski definition) is 4. The van der Waals surface area contributed by atoms with Gasteiger partial charge in [-0.05, 0) is 116 Å². The zero-order valence-electron chi connectivity index (χ0n) is 24.8. The van der Waals surface area contributed by atoms with Gasteiger partial charge in [0, 0.05) is 11.4 Å². The number of esters is 1. The third kappa shape index (κ3) is 5.94. The molecule has 0 aromatic heterocycles. The molecule has 8 atom stereocenters. The zero-order valence-corrected chi connectivity index (χ0v) is 24.8. The molecule has 0 spiro atoms. The molecular formula is C34H54N2O2. The number of allylic oxidation sites excluding steroid dienone is 1. The van der Waals surface area contributed by atoms with Crippen molar-refractivity contribution in [1.82, 2.24) is 0 Å². The number of rotatable bonds is 9. The number of ether oxygens (including phenoxy) is 1. The average Bonchev–Trinajstić information content (AvgIpc) is 3.20. The zero-order chi connectivity index (χ0) is 27.7. The van der Waals surface area contributed by atoms with Crippen LogP contribution in [0.15, 0.2) is 30.9 Å². The van der Waals surface area contributed by atoms with Gasteiger partial charge in [0.1, 0.15) is 6.10 Å². The van der Waals surface area contributed by atoms with Gasteiger partial charge < -0.3 is 16.2 Å². The van der Waals surface area contributed by atoms with Gasteiger partial charge >= 0.3 is 5.97 Å². The highest BCUT2D eigenvalue weighted by molar-refractivity contribution is 5.91. The van der Waals surface area contributed by atoms with Crippen molar-refractivity contribution in [3.05, 3.63) is 36.4 Å². The number of carbonyl (C=O) groups excluding carboxylic acids is 1. The Balaban J connectivity index is 1.37. The van der Waals surface area contributed by atoms with E-state index < -0.39 is 0 Å². The topological polar surface area (TPSA) is 78.3 Å². The summed E-state index contributed by atoms with van der Waals surface area (Å²) in [7, 11) is 0. The lowest BCUT2D eigenvalue weighted by Gasteiger charge is -2.54. The van der Waals surface area contributed by atoms with Gasteiger partial charge in [0.15, 0.2) is 0 Å². The number of nitrogens with two attached hydrogens (primary N) is 2. The third-order valence-electron chi connectivity index (χ3n) is 11.4. The molecule has 4 N–H and O–H groups in total. The maximum absolute atomic E-state index is 12.9. The minimum Gasteiger partial charge on any atom is -0.459 e. The summed E-state index contributed by atoms with van der Waals surface area (Å²) in [5.74, 6) is 4.17. The summed E-state index contributed by atoms with van der Waals surface area (Å²) >= 11 is 0. The smallest absolute Gasteiger partial charge is 0.338 e. The molecule has 3 fully saturated rings. The standard InChI is InChI=1S/C34H54N2O2/c1-7-25-20-30(38-32(37)24-17-28(35)21-29(36)18-24)14-16-33(25,5)27-13-15-34(6)26(19-27)11-12-31(34)23(4)10-8-9-22(2)3/h7,17-18,21-23,25-27,30-31H,1,8-16,19-20,35-36H2,2-6H3. The van der Waals surface area contributed by atoms with Gasteiger partial charge in [-0.25, -0.2) is 4.79 Å². The number of nitrogen functional groups attached to an aromatic ring is 2. The summed E-state index contributed by atoms with van der Waals surface area (Å²) in [6.07, 6.45) is 16.0. The number of anilines is 2. The maximum Gasteiger partial charge on any atom is 0.338 e. The molecule has 4 rings (SSSR count). The highest BCUT2D eigenvalue weighted by Gasteiger charge is 2.54. The van der Waals surface area contributed by atoms with Crippen molar-refractivity contribution >= 4 is 17.3 Å². The first-order valence-electron chi connectivity index (χ1n) is 15.5. The summed E-state index contributed by atoms with van der Waals surface area (Å²) in [6.45, 7) is 16.6. The summed E-state index contributed by atoms with van der Waals surface area (Å²) in [5.41, 5.74) is 13.9. The van der Waals surface area contributed by atoms with Crippen molar-refractivity contribution in [1.29, 1.82) is 0 Å². The van der Waals surface area contributed by atoms with Gasteiger partial charge in [0.25, 0.3) is 0 Å². The second-order valence-electron chi connectivity index (χ2n) is 14.2. The number of carbonyl (C=O) groups is 1. The first-order chi connectivity index (χ1) is 18.0. The molecule has 3 aliphatic rings. The first kappa shape index (κ1) is 29.0. The SMILES string of the molecule is C=CC1CC(OC(=O)c2cc(N)cc(N)c2)CCC1(C)C1CCC2(C)C(CCC2C(C)CCCC(C)C)C1. The monoisotopic (exact) mass is 522 g/mol. The van der Waals surface area contributed by atoms with Crippen molar-refractivity contribution in [2.75, 3.05) is 11.5 Å². The molecule has 4 heteroatoms. The minimum atomic E-state index is -0.326. The molecule has 3 aliphatic carbocycles. The molecule has 8 unspecified atom stereocenters. The van der Waals surface area contributed by atoms with E-state index in [4.69, 9.17) is 16.2 Å². The van der Waals surface area contributed by atoms with Crippen LogP contribution in [0.25, 0.3) is 0 Å². The van der Waals surface area contributed by atoms with Crippen LogP contribution in [0.5, 0.6) is 0 Å². The number of fused-ring (bicyclic) bond motifs is 1. The lowest BCUT2D eigenvalue weighted by molar-refractivity contribution is -0.0556. The number of hydrogen-bond donors (Lipinski definition) is 2. The lowest BCUT2D eigenvalue weighted by Crippen LogP contribution is -2.46. The summed E-state index contributed by atoms with van der Waals surface area (Å²) in [6, 6.07) is 4.96. The predicted molar refractivity (Wildman–Crippen MR) is 160 cm³/mol. The second-order valence-corrected chi connectivity index (χ2v) is 14.2. The summed E-state index contributed by atoms with van der Waals surface area (Å²) in [4.78, 5) is 12.9. The third-order valence-corrected chi connectivity index (χ3v) is 11.4. The molecule has 0 amide bonds. The Morgan fingerprint density at radius 2 is 1.63 bits per heavy atom. The fourth-order valence-electron chi connectivity index (χ4n) is 8.97. The highest BCUT2D eigenvalue weighted by Crippen LogP contribution is 2.63. The van der Waals surface area contributed by atoms with Crippen LogP contribution in [0.4, 0.5) is 11.4 Å². The van der Waals surface area contributed by atoms with E-state index in [0.717, 1.165) is 48.9 Å². The molecule has 4 nitrogen and oxygen atoms in total. The van der Waals surface area contributed by atoms with Crippen molar-refractivity contribution in [3.63, 3.8) is 0 Å². The fraction of sp³-hybridized carbons (Fsp3) is 0.735. The lowest BCUT2D eigenvalue weighted by atomic mass is 9.52. The van der Waals surface area contributed by atoms with Crippen LogP contribution in [-0.4, -0.2) is 12.1 Å². The number of benzene rings is 1. The largest absolute Gasteiger partial charge is 0.459 e. The quantitative estimate of drug-likeness (QED) is 0.193. The Labute approximate surface area is 232 Å². The first-order valence-corrected chi connectivity index (χ1v) is 15.5. The van der Waals surface area contributed by atoms with Crippen molar-refractivity contribution in [2.24, 2.45) is 46.3 Å². The van der Waals surface area contributed by atoms with Gasteiger partial charge in [0.05, 0.1) is 5.56 Å². The molecule has 212 valence electrons. The maximum atomic E-state index is 12.9. The van der Waals surface area contributed by atoms with Crippen LogP contribution >= 0.6 is 0 Å². The molecule has 0 saturated heterocycles. The van der Waals surface area contributed by atoms with Crippen molar-refractivity contribution < 1.29 is 9.53 Å². The van der Waals surface area contributed by atoms with E-state index in [1.165, 1.54) is 51.4 Å². The van der Waals surface area contributed by atoms with Crippen LogP contribution in [0.1, 0.15) is 116 Å². The van der Waals surface area contributed by atoms with Crippen LogP contribution in [0.3, 0.4) is 0 Å².